The van der Waals surface area contributed by atoms with Crippen molar-refractivity contribution in [2.75, 3.05) is 7.11 Å². The van der Waals surface area contributed by atoms with Crippen LogP contribution in [0.3, 0.4) is 0 Å². The highest BCUT2D eigenvalue weighted by Gasteiger charge is 2.43. The molecule has 0 saturated heterocycles. The maximum absolute atomic E-state index is 13.8. The lowest BCUT2D eigenvalue weighted by Gasteiger charge is -2.30. The highest BCUT2D eigenvalue weighted by atomic mass is 79.9. The maximum Gasteiger partial charge on any atom is 0.336 e. The average molecular weight is 566 g/mol. The highest BCUT2D eigenvalue weighted by molar-refractivity contribution is 9.10. The van der Waals surface area contributed by atoms with Crippen molar-refractivity contribution in [1.82, 2.24) is 5.32 Å². The molecule has 0 amide bonds. The van der Waals surface area contributed by atoms with E-state index in [0.717, 1.165) is 37.6 Å². The molecule has 4 aromatic rings. The molecule has 0 spiro atoms. The monoisotopic (exact) mass is 565 g/mol. The number of esters is 1. The van der Waals surface area contributed by atoms with Crippen LogP contribution in [0.4, 0.5) is 0 Å². The first-order valence-corrected chi connectivity index (χ1v) is 13.1. The van der Waals surface area contributed by atoms with E-state index in [2.05, 4.69) is 45.5 Å². The van der Waals surface area contributed by atoms with Gasteiger partial charge < -0.3 is 14.8 Å². The Bertz CT molecular complexity index is 1700. The van der Waals surface area contributed by atoms with E-state index in [9.17, 15) is 9.59 Å². The van der Waals surface area contributed by atoms with Crippen LogP contribution in [-0.4, -0.2) is 18.9 Å². The number of hydrogen-bond donors (Lipinski definition) is 1. The fourth-order valence-electron chi connectivity index (χ4n) is 5.39. The van der Waals surface area contributed by atoms with Gasteiger partial charge in [0.2, 0.25) is 0 Å². The fourth-order valence-corrected chi connectivity index (χ4v) is 5.77. The number of Topliss-reactive ketones (excluding diaryl/α,β-unsaturated/α-hetero) is 1. The topological polar surface area (TPSA) is 64.6 Å². The van der Waals surface area contributed by atoms with Gasteiger partial charge >= 0.3 is 5.97 Å². The van der Waals surface area contributed by atoms with Crippen LogP contribution in [0.5, 0.6) is 5.75 Å². The molecule has 0 saturated carbocycles. The molecule has 1 aliphatic carbocycles. The molecule has 0 radical (unpaired) electrons. The molecule has 1 heterocycles. The maximum atomic E-state index is 13.8. The summed E-state index contributed by atoms with van der Waals surface area (Å²) in [5.74, 6) is -0.668. The molecular formula is C32H24BrNO4. The van der Waals surface area contributed by atoms with E-state index in [1.165, 1.54) is 7.11 Å². The van der Waals surface area contributed by atoms with E-state index in [-0.39, 0.29) is 5.78 Å². The zero-order valence-electron chi connectivity index (χ0n) is 20.9. The van der Waals surface area contributed by atoms with Crippen molar-refractivity contribution in [2.45, 2.75) is 19.4 Å². The van der Waals surface area contributed by atoms with Gasteiger partial charge in [-0.1, -0.05) is 76.6 Å². The second-order valence-electron chi connectivity index (χ2n) is 9.40. The van der Waals surface area contributed by atoms with Crippen molar-refractivity contribution < 1.29 is 19.1 Å². The number of benzene rings is 4. The van der Waals surface area contributed by atoms with Gasteiger partial charge in [0.05, 0.1) is 24.3 Å². The van der Waals surface area contributed by atoms with Gasteiger partial charge in [-0.3, -0.25) is 4.79 Å². The van der Waals surface area contributed by atoms with E-state index in [4.69, 9.17) is 9.47 Å². The van der Waals surface area contributed by atoms with Crippen LogP contribution in [0.25, 0.3) is 16.5 Å². The third-order valence-electron chi connectivity index (χ3n) is 7.15. The summed E-state index contributed by atoms with van der Waals surface area (Å²) in [4.78, 5) is 26.9. The Morgan fingerprint density at radius 1 is 0.921 bits per heavy atom. The third-order valence-corrected chi connectivity index (χ3v) is 7.64. The average Bonchev–Trinajstić information content (AvgIpc) is 3.22. The van der Waals surface area contributed by atoms with E-state index in [0.29, 0.717) is 34.8 Å². The van der Waals surface area contributed by atoms with Crippen LogP contribution in [0.1, 0.15) is 39.9 Å². The number of carbonyl (C=O) groups is 2. The molecular weight excluding hydrogens is 542 g/mol. The second-order valence-corrected chi connectivity index (χ2v) is 10.3. The van der Waals surface area contributed by atoms with Gasteiger partial charge in [-0.2, -0.15) is 0 Å². The minimum atomic E-state index is -0.664. The summed E-state index contributed by atoms with van der Waals surface area (Å²) in [5.41, 5.74) is 5.46. The number of hydrogen-bond acceptors (Lipinski definition) is 5. The van der Waals surface area contributed by atoms with Crippen LogP contribution in [0, 0.1) is 0 Å². The number of fused-ring (bicyclic) bond motifs is 3. The SMILES string of the molecule is COC(=O)C1=C(C)NC2=C(C(=O)c3ccccc32)[C@@H]1c1cc(Br)ccc1OCc1ccc2ccccc2c1. The van der Waals surface area contributed by atoms with E-state index in [1.54, 1.807) is 0 Å². The lowest BCUT2D eigenvalue weighted by Crippen LogP contribution is -2.29. The minimum absolute atomic E-state index is 0.109. The molecule has 0 aromatic heterocycles. The van der Waals surface area contributed by atoms with Crippen molar-refractivity contribution in [2.24, 2.45) is 0 Å². The summed E-state index contributed by atoms with van der Waals surface area (Å²) in [6.45, 7) is 2.17. The molecule has 1 atom stereocenters. The molecule has 6 rings (SSSR count). The Labute approximate surface area is 228 Å². The van der Waals surface area contributed by atoms with Gasteiger partial charge in [0.15, 0.2) is 5.78 Å². The van der Waals surface area contributed by atoms with E-state index in [1.807, 2.05) is 67.6 Å². The first-order valence-electron chi connectivity index (χ1n) is 12.3. The van der Waals surface area contributed by atoms with Gasteiger partial charge in [0.1, 0.15) is 12.4 Å². The largest absolute Gasteiger partial charge is 0.489 e. The molecule has 38 heavy (non-hydrogen) atoms. The molecule has 5 nitrogen and oxygen atoms in total. The fraction of sp³-hybridized carbons (Fsp3) is 0.125. The molecule has 188 valence electrons. The molecule has 0 unspecified atom stereocenters. The number of methoxy groups -OCH3 is 1. The molecule has 6 heteroatoms. The Kier molecular flexibility index (Phi) is 6.12. The Morgan fingerprint density at radius 3 is 2.45 bits per heavy atom. The Morgan fingerprint density at radius 2 is 1.66 bits per heavy atom. The van der Waals surface area contributed by atoms with Gasteiger partial charge in [-0.15, -0.1) is 0 Å². The smallest absolute Gasteiger partial charge is 0.336 e. The zero-order valence-corrected chi connectivity index (χ0v) is 22.5. The Balaban J connectivity index is 1.45. The van der Waals surface area contributed by atoms with Crippen LogP contribution >= 0.6 is 15.9 Å². The molecule has 0 fully saturated rings. The number of rotatable bonds is 5. The molecule has 1 N–H and O–H groups in total. The van der Waals surface area contributed by atoms with Gasteiger partial charge in [-0.25, -0.2) is 4.79 Å². The predicted molar refractivity (Wildman–Crippen MR) is 151 cm³/mol. The quantitative estimate of drug-likeness (QED) is 0.266. The lowest BCUT2D eigenvalue weighted by atomic mass is 9.79. The van der Waals surface area contributed by atoms with Crippen molar-refractivity contribution in [3.8, 4) is 5.75 Å². The first kappa shape index (κ1) is 24.2. The van der Waals surface area contributed by atoms with Crippen LogP contribution in [0.15, 0.2) is 106 Å². The number of dihydropyridines is 1. The number of allylic oxidation sites excluding steroid dienone is 2. The summed E-state index contributed by atoms with van der Waals surface area (Å²) in [6.07, 6.45) is 0. The predicted octanol–water partition coefficient (Wildman–Crippen LogP) is 6.92. The van der Waals surface area contributed by atoms with E-state index < -0.39 is 11.9 Å². The number of carbonyl (C=O) groups excluding carboxylic acids is 2. The summed E-state index contributed by atoms with van der Waals surface area (Å²) in [7, 11) is 1.35. The van der Waals surface area contributed by atoms with Crippen LogP contribution in [-0.2, 0) is 16.1 Å². The minimum Gasteiger partial charge on any atom is -0.489 e. The second kappa shape index (κ2) is 9.62. The number of nitrogens with one attached hydrogen (secondary N) is 1. The molecule has 1 aliphatic heterocycles. The van der Waals surface area contributed by atoms with Crippen molar-refractivity contribution in [1.29, 1.82) is 0 Å². The normalized spacial score (nSPS) is 16.3. The van der Waals surface area contributed by atoms with Gasteiger partial charge in [0.25, 0.3) is 0 Å². The number of halogens is 1. The lowest BCUT2D eigenvalue weighted by molar-refractivity contribution is -0.136. The van der Waals surface area contributed by atoms with Crippen LogP contribution in [0.2, 0.25) is 0 Å². The number of ketones is 1. The van der Waals surface area contributed by atoms with Crippen molar-refractivity contribution in [3.63, 3.8) is 0 Å². The van der Waals surface area contributed by atoms with Crippen LogP contribution < -0.4 is 10.1 Å². The molecule has 2 aliphatic rings. The van der Waals surface area contributed by atoms with Crippen molar-refractivity contribution >= 4 is 44.2 Å². The van der Waals surface area contributed by atoms with Crippen molar-refractivity contribution in [3.05, 3.63) is 128 Å². The standard InChI is InChI=1S/C32H24BrNO4/c1-18-27(32(36)37-2)28(29-30(34-18)23-9-5-6-10-24(23)31(29)35)25-16-22(33)13-14-26(25)38-17-19-11-12-20-7-3-4-8-21(20)15-19/h3-16,28,34H,17H2,1-2H3/t28-/m1/s1. The van der Waals surface area contributed by atoms with Gasteiger partial charge in [-0.05, 0) is 47.5 Å². The molecule has 4 aromatic carbocycles. The Hall–Kier alpha value is -4.16. The zero-order chi connectivity index (χ0) is 26.4. The summed E-state index contributed by atoms with van der Waals surface area (Å²) >= 11 is 3.59. The summed E-state index contributed by atoms with van der Waals surface area (Å²) in [6, 6.07) is 27.6. The summed E-state index contributed by atoms with van der Waals surface area (Å²) < 4.78 is 12.4. The van der Waals surface area contributed by atoms with Gasteiger partial charge in [0, 0.05) is 32.4 Å². The summed E-state index contributed by atoms with van der Waals surface area (Å²) in [5, 5.41) is 5.63. The first-order chi connectivity index (χ1) is 18.5. The highest BCUT2D eigenvalue weighted by Crippen LogP contribution is 2.49. The molecule has 0 bridgehead atoms. The third kappa shape index (κ3) is 4.02. The van der Waals surface area contributed by atoms with E-state index >= 15 is 0 Å². The number of ether oxygens (including phenoxy) is 2.